The molecule has 0 aliphatic rings. The van der Waals surface area contributed by atoms with E-state index in [9.17, 15) is 31.2 Å². The van der Waals surface area contributed by atoms with Crippen LogP contribution in [0.3, 0.4) is 0 Å². The summed E-state index contributed by atoms with van der Waals surface area (Å²) in [6.07, 6.45) is -3.05. The Hall–Kier alpha value is -2.47. The molecule has 12 heteroatoms. The fourth-order valence-corrected chi connectivity index (χ4v) is 3.80. The van der Waals surface area contributed by atoms with Crippen molar-refractivity contribution in [1.82, 2.24) is 18.7 Å². The lowest BCUT2D eigenvalue weighted by Gasteiger charge is -2.10. The van der Waals surface area contributed by atoms with Crippen LogP contribution in [0.25, 0.3) is 16.7 Å². The second-order valence-electron chi connectivity index (χ2n) is 5.99. The molecule has 0 bridgehead atoms. The molecule has 1 N–H and O–H groups in total. The summed E-state index contributed by atoms with van der Waals surface area (Å²) in [5, 5.41) is 0. The third-order valence-corrected chi connectivity index (χ3v) is 5.29. The second-order valence-corrected chi connectivity index (χ2v) is 7.79. The Balaban J connectivity index is 1.68. The smallest absolute Gasteiger partial charge is 0.283 e. The number of hydrogen-bond acceptors (Lipinski definition) is 5. The van der Waals surface area contributed by atoms with E-state index in [1.54, 1.807) is 18.2 Å². The van der Waals surface area contributed by atoms with Crippen molar-refractivity contribution in [1.29, 1.82) is 0 Å². The summed E-state index contributed by atoms with van der Waals surface area (Å²) in [5.41, 5.74) is -0.0305. The van der Waals surface area contributed by atoms with Crippen molar-refractivity contribution < 1.29 is 21.6 Å². The largest absolute Gasteiger partial charge is 0.404 e. The Labute approximate surface area is 150 Å². The molecule has 0 fully saturated rings. The Morgan fingerprint density at radius 2 is 1.78 bits per heavy atom. The highest BCUT2D eigenvalue weighted by Crippen LogP contribution is 2.16. The SMILES string of the molecule is O=c1c2cccc3ncc(c(=O)n1CCCCNS(=O)(=O)CC(F)(F)F)n32. The molecule has 146 valence electrons. The first-order valence-corrected chi connectivity index (χ1v) is 9.61. The van der Waals surface area contributed by atoms with Gasteiger partial charge in [0.05, 0.1) is 6.20 Å². The summed E-state index contributed by atoms with van der Waals surface area (Å²) in [6.45, 7) is -0.206. The van der Waals surface area contributed by atoms with Crippen LogP contribution in [0.15, 0.2) is 34.0 Å². The van der Waals surface area contributed by atoms with Crippen LogP contribution in [0.5, 0.6) is 0 Å². The maximum atomic E-state index is 12.5. The zero-order valence-electron chi connectivity index (χ0n) is 13.9. The van der Waals surface area contributed by atoms with Crippen LogP contribution in [-0.4, -0.2) is 40.8 Å². The van der Waals surface area contributed by atoms with Gasteiger partial charge in [-0.1, -0.05) is 6.07 Å². The van der Waals surface area contributed by atoms with Crippen molar-refractivity contribution >= 4 is 26.7 Å². The van der Waals surface area contributed by atoms with Crippen LogP contribution in [0.1, 0.15) is 12.8 Å². The Morgan fingerprint density at radius 3 is 2.48 bits per heavy atom. The van der Waals surface area contributed by atoms with Crippen molar-refractivity contribution in [3.63, 3.8) is 0 Å². The zero-order valence-corrected chi connectivity index (χ0v) is 14.7. The van der Waals surface area contributed by atoms with Crippen molar-refractivity contribution in [2.24, 2.45) is 0 Å². The topological polar surface area (TPSA) is 103 Å². The lowest BCUT2D eigenvalue weighted by molar-refractivity contribution is -0.106. The van der Waals surface area contributed by atoms with E-state index in [2.05, 4.69) is 4.98 Å². The number of rotatable bonds is 7. The van der Waals surface area contributed by atoms with Gasteiger partial charge >= 0.3 is 6.18 Å². The third kappa shape index (κ3) is 4.11. The first kappa shape index (κ1) is 19.3. The first-order valence-electron chi connectivity index (χ1n) is 7.96. The quantitative estimate of drug-likeness (QED) is 0.585. The van der Waals surface area contributed by atoms with Gasteiger partial charge in [0, 0.05) is 13.1 Å². The number of unbranched alkanes of at least 4 members (excludes halogenated alkanes) is 1. The van der Waals surface area contributed by atoms with Crippen LogP contribution in [-0.2, 0) is 16.6 Å². The van der Waals surface area contributed by atoms with E-state index in [0.29, 0.717) is 5.65 Å². The van der Waals surface area contributed by atoms with Gasteiger partial charge in [-0.15, -0.1) is 0 Å². The number of aromatic nitrogens is 3. The summed E-state index contributed by atoms with van der Waals surface area (Å²) < 4.78 is 63.3. The van der Waals surface area contributed by atoms with Crippen molar-refractivity contribution in [3.8, 4) is 0 Å². The number of sulfonamides is 1. The third-order valence-electron chi connectivity index (χ3n) is 3.94. The Bertz CT molecular complexity index is 1180. The minimum atomic E-state index is -4.82. The van der Waals surface area contributed by atoms with Crippen LogP contribution in [0, 0.1) is 0 Å². The second kappa shape index (κ2) is 6.93. The van der Waals surface area contributed by atoms with Crippen LogP contribution in [0.4, 0.5) is 13.2 Å². The highest BCUT2D eigenvalue weighted by atomic mass is 32.2. The number of pyridine rings is 1. The maximum Gasteiger partial charge on any atom is 0.404 e. The highest BCUT2D eigenvalue weighted by Gasteiger charge is 2.34. The van der Waals surface area contributed by atoms with Gasteiger partial charge in [-0.25, -0.2) is 18.1 Å². The van der Waals surface area contributed by atoms with E-state index in [0.717, 1.165) is 4.57 Å². The average molecular weight is 404 g/mol. The lowest BCUT2D eigenvalue weighted by Crippen LogP contribution is -2.36. The van der Waals surface area contributed by atoms with Crippen molar-refractivity contribution in [2.75, 3.05) is 12.3 Å². The first-order chi connectivity index (χ1) is 12.6. The number of halogens is 3. The molecule has 3 aromatic heterocycles. The molecule has 8 nitrogen and oxygen atoms in total. The molecule has 3 heterocycles. The Kier molecular flexibility index (Phi) is 4.95. The molecule has 27 heavy (non-hydrogen) atoms. The molecule has 3 rings (SSSR count). The molecule has 0 aliphatic carbocycles. The molecule has 0 amide bonds. The molecule has 0 saturated heterocycles. The summed E-state index contributed by atoms with van der Waals surface area (Å²) in [4.78, 5) is 29.0. The predicted molar refractivity (Wildman–Crippen MR) is 91.5 cm³/mol. The molecule has 0 spiro atoms. The molecule has 0 unspecified atom stereocenters. The van der Waals surface area contributed by atoms with Crippen LogP contribution in [0.2, 0.25) is 0 Å². The average Bonchev–Trinajstić information content (AvgIpc) is 2.98. The van der Waals surface area contributed by atoms with E-state index in [4.69, 9.17) is 0 Å². The van der Waals surface area contributed by atoms with E-state index in [1.807, 2.05) is 4.72 Å². The molecular formula is C15H15F3N4O4S. The Morgan fingerprint density at radius 1 is 1.07 bits per heavy atom. The molecule has 0 aliphatic heterocycles. The van der Waals surface area contributed by atoms with E-state index < -0.39 is 33.1 Å². The van der Waals surface area contributed by atoms with Crippen LogP contribution >= 0.6 is 0 Å². The number of nitrogens with zero attached hydrogens (tertiary/aromatic N) is 3. The molecule has 0 saturated carbocycles. The van der Waals surface area contributed by atoms with Gasteiger partial charge < -0.3 is 0 Å². The van der Waals surface area contributed by atoms with Gasteiger partial charge in [0.1, 0.15) is 16.7 Å². The molecule has 3 aromatic rings. The highest BCUT2D eigenvalue weighted by molar-refractivity contribution is 7.89. The summed E-state index contributed by atoms with van der Waals surface area (Å²) in [6, 6.07) is 4.87. The van der Waals surface area contributed by atoms with Gasteiger partial charge in [0.2, 0.25) is 10.0 Å². The van der Waals surface area contributed by atoms with E-state index in [-0.39, 0.29) is 37.0 Å². The van der Waals surface area contributed by atoms with E-state index in [1.165, 1.54) is 10.6 Å². The number of nitrogens with one attached hydrogen (secondary N) is 1. The normalized spacial score (nSPS) is 13.0. The summed E-state index contributed by atoms with van der Waals surface area (Å²) in [7, 11) is -4.46. The predicted octanol–water partition coefficient (Wildman–Crippen LogP) is 0.709. The fraction of sp³-hybridized carbons (Fsp3) is 0.400. The lowest BCUT2D eigenvalue weighted by atomic mass is 10.3. The summed E-state index contributed by atoms with van der Waals surface area (Å²) >= 11 is 0. The molecule has 0 radical (unpaired) electrons. The van der Waals surface area contributed by atoms with Gasteiger partial charge in [-0.3, -0.25) is 18.6 Å². The number of imidazole rings is 1. The standard InChI is InChI=1S/C15H15F3N4O4S/c16-15(17,18)9-27(25,26)20-6-1-2-7-21-13(23)10-4-3-5-12-19-8-11(14(21)24)22(10)12/h3-5,8,20H,1-2,6-7,9H2. The minimum Gasteiger partial charge on any atom is -0.283 e. The van der Waals surface area contributed by atoms with Gasteiger partial charge in [0.25, 0.3) is 11.1 Å². The van der Waals surface area contributed by atoms with Crippen molar-refractivity contribution in [3.05, 3.63) is 45.1 Å². The zero-order chi connectivity index (χ0) is 19.8. The maximum absolute atomic E-state index is 12.5. The van der Waals surface area contributed by atoms with Gasteiger partial charge in [0.15, 0.2) is 5.75 Å². The fourth-order valence-electron chi connectivity index (χ4n) is 2.82. The van der Waals surface area contributed by atoms with E-state index >= 15 is 0 Å². The summed E-state index contributed by atoms with van der Waals surface area (Å²) in [5.74, 6) is -1.95. The number of hydrogen-bond donors (Lipinski definition) is 1. The van der Waals surface area contributed by atoms with Gasteiger partial charge in [-0.2, -0.15) is 13.2 Å². The van der Waals surface area contributed by atoms with Gasteiger partial charge in [-0.05, 0) is 25.0 Å². The van der Waals surface area contributed by atoms with Crippen LogP contribution < -0.4 is 15.8 Å². The van der Waals surface area contributed by atoms with Crippen molar-refractivity contribution in [2.45, 2.75) is 25.6 Å². The minimum absolute atomic E-state index is 0.0141. The molecule has 0 aromatic carbocycles. The monoisotopic (exact) mass is 404 g/mol. The number of alkyl halides is 3. The molecular weight excluding hydrogens is 389 g/mol. The molecule has 0 atom stereocenters.